The van der Waals surface area contributed by atoms with Crippen molar-refractivity contribution in [3.05, 3.63) is 0 Å². The highest BCUT2D eigenvalue weighted by molar-refractivity contribution is 6.01. The normalized spacial score (nSPS) is 19.5. The largest absolute Gasteiger partial charge is 0.357 e. The molecule has 0 radical (unpaired) electrons. The molecule has 26 heavy (non-hydrogen) atoms. The zero-order chi connectivity index (χ0) is 19.2. The van der Waals surface area contributed by atoms with E-state index < -0.39 is 5.41 Å². The zero-order valence-corrected chi connectivity index (χ0v) is 15.9. The standard InChI is InChI=1S/C17H30N6O3/c1-4-18-15(19-9-10-23-13(24)11-20-16(23)26)21-12-17(7-5-6-8-17)14(25)22(2)3/h4-12H2,1-3H3,(H,20,26)(H2,18,19,21). The zero-order valence-electron chi connectivity index (χ0n) is 15.9. The van der Waals surface area contributed by atoms with E-state index in [4.69, 9.17) is 0 Å². The Labute approximate surface area is 154 Å². The first-order valence-corrected chi connectivity index (χ1v) is 9.22. The second-order valence-corrected chi connectivity index (χ2v) is 7.01. The van der Waals surface area contributed by atoms with Gasteiger partial charge >= 0.3 is 6.03 Å². The molecule has 1 heterocycles. The van der Waals surface area contributed by atoms with Crippen LogP contribution in [0.15, 0.2) is 4.99 Å². The van der Waals surface area contributed by atoms with Crippen LogP contribution in [0.5, 0.6) is 0 Å². The summed E-state index contributed by atoms with van der Waals surface area (Å²) in [6.45, 7) is 3.82. The molecule has 4 amide bonds. The lowest BCUT2D eigenvalue weighted by Crippen LogP contribution is -2.45. The van der Waals surface area contributed by atoms with E-state index in [0.717, 1.165) is 25.7 Å². The van der Waals surface area contributed by atoms with Gasteiger partial charge in [-0.05, 0) is 19.8 Å². The van der Waals surface area contributed by atoms with Gasteiger partial charge in [0.1, 0.15) is 0 Å². The van der Waals surface area contributed by atoms with Gasteiger partial charge in [0.25, 0.3) is 0 Å². The Bertz CT molecular complexity index is 553. The second kappa shape index (κ2) is 8.86. The summed E-state index contributed by atoms with van der Waals surface area (Å²) >= 11 is 0. The van der Waals surface area contributed by atoms with E-state index >= 15 is 0 Å². The van der Waals surface area contributed by atoms with Gasteiger partial charge in [-0.2, -0.15) is 0 Å². The van der Waals surface area contributed by atoms with Crippen LogP contribution in [-0.4, -0.2) is 80.4 Å². The summed E-state index contributed by atoms with van der Waals surface area (Å²) in [4.78, 5) is 43.2. The third kappa shape index (κ3) is 4.64. The summed E-state index contributed by atoms with van der Waals surface area (Å²) in [5, 5.41) is 8.78. The maximum Gasteiger partial charge on any atom is 0.324 e. The minimum absolute atomic E-state index is 0.0577. The highest BCUT2D eigenvalue weighted by Crippen LogP contribution is 2.39. The van der Waals surface area contributed by atoms with E-state index in [2.05, 4.69) is 20.9 Å². The Morgan fingerprint density at radius 1 is 1.27 bits per heavy atom. The topological polar surface area (TPSA) is 106 Å². The van der Waals surface area contributed by atoms with Crippen molar-refractivity contribution >= 4 is 23.8 Å². The molecule has 2 aliphatic rings. The summed E-state index contributed by atoms with van der Waals surface area (Å²) in [6.07, 6.45) is 3.81. The Balaban J connectivity index is 1.95. The van der Waals surface area contributed by atoms with Crippen LogP contribution in [0.2, 0.25) is 0 Å². The molecule has 1 saturated heterocycles. The molecule has 0 aromatic rings. The van der Waals surface area contributed by atoms with Crippen LogP contribution in [0.1, 0.15) is 32.6 Å². The van der Waals surface area contributed by atoms with E-state index in [0.29, 0.717) is 25.6 Å². The van der Waals surface area contributed by atoms with Gasteiger partial charge in [0.05, 0.1) is 18.5 Å². The molecule has 0 unspecified atom stereocenters. The molecule has 2 rings (SSSR count). The van der Waals surface area contributed by atoms with Crippen molar-refractivity contribution < 1.29 is 14.4 Å². The number of nitrogens with zero attached hydrogens (tertiary/aromatic N) is 3. The number of imide groups is 1. The lowest BCUT2D eigenvalue weighted by molar-refractivity contribution is -0.138. The van der Waals surface area contributed by atoms with E-state index in [9.17, 15) is 14.4 Å². The smallest absolute Gasteiger partial charge is 0.324 e. The number of rotatable bonds is 7. The number of amides is 4. The van der Waals surface area contributed by atoms with Crippen molar-refractivity contribution in [2.24, 2.45) is 10.4 Å². The van der Waals surface area contributed by atoms with Crippen LogP contribution in [0.4, 0.5) is 4.79 Å². The molecule has 0 spiro atoms. The van der Waals surface area contributed by atoms with Gasteiger partial charge < -0.3 is 20.9 Å². The quantitative estimate of drug-likeness (QED) is 0.327. The first-order chi connectivity index (χ1) is 12.4. The Morgan fingerprint density at radius 2 is 1.96 bits per heavy atom. The highest BCUT2D eigenvalue weighted by atomic mass is 16.2. The minimum Gasteiger partial charge on any atom is -0.357 e. The fourth-order valence-electron chi connectivity index (χ4n) is 3.51. The lowest BCUT2D eigenvalue weighted by atomic mass is 9.85. The molecule has 0 atom stereocenters. The van der Waals surface area contributed by atoms with Gasteiger partial charge in [-0.15, -0.1) is 0 Å². The van der Waals surface area contributed by atoms with Crippen molar-refractivity contribution in [2.45, 2.75) is 32.6 Å². The number of carbonyl (C=O) groups is 3. The van der Waals surface area contributed by atoms with Gasteiger partial charge in [-0.1, -0.05) is 12.8 Å². The van der Waals surface area contributed by atoms with Gasteiger partial charge in [-0.25, -0.2) is 4.79 Å². The molecule has 0 aromatic carbocycles. The van der Waals surface area contributed by atoms with Crippen LogP contribution in [-0.2, 0) is 9.59 Å². The molecule has 9 nitrogen and oxygen atoms in total. The molecule has 0 bridgehead atoms. The fourth-order valence-corrected chi connectivity index (χ4v) is 3.51. The van der Waals surface area contributed by atoms with E-state index in [1.54, 1.807) is 19.0 Å². The fraction of sp³-hybridized carbons (Fsp3) is 0.765. The monoisotopic (exact) mass is 366 g/mol. The van der Waals surface area contributed by atoms with Crippen molar-refractivity contribution in [3.8, 4) is 0 Å². The average molecular weight is 366 g/mol. The summed E-state index contributed by atoms with van der Waals surface area (Å²) < 4.78 is 0. The molecule has 146 valence electrons. The molecule has 1 saturated carbocycles. The number of aliphatic imine (C=N–C) groups is 1. The molecular weight excluding hydrogens is 336 g/mol. The number of guanidine groups is 1. The summed E-state index contributed by atoms with van der Waals surface area (Å²) in [6, 6.07) is -0.361. The molecule has 0 aromatic heterocycles. The van der Waals surface area contributed by atoms with Gasteiger partial charge in [-0.3, -0.25) is 19.5 Å². The van der Waals surface area contributed by atoms with Gasteiger partial charge in [0, 0.05) is 33.7 Å². The Morgan fingerprint density at radius 3 is 2.50 bits per heavy atom. The summed E-state index contributed by atoms with van der Waals surface area (Å²) in [5.74, 6) is 0.506. The predicted octanol–water partition coefficient (Wildman–Crippen LogP) is -0.258. The SMILES string of the molecule is CCNC(=NCC1(C(=O)N(C)C)CCCC1)NCCN1C(=O)CNC1=O. The van der Waals surface area contributed by atoms with Crippen LogP contribution < -0.4 is 16.0 Å². The summed E-state index contributed by atoms with van der Waals surface area (Å²) in [7, 11) is 3.57. The van der Waals surface area contributed by atoms with Crippen molar-refractivity contribution in [1.29, 1.82) is 0 Å². The van der Waals surface area contributed by atoms with Crippen LogP contribution in [0.3, 0.4) is 0 Å². The van der Waals surface area contributed by atoms with Crippen LogP contribution >= 0.6 is 0 Å². The molecule has 1 aliphatic heterocycles. The average Bonchev–Trinajstić information content (AvgIpc) is 3.21. The van der Waals surface area contributed by atoms with Crippen molar-refractivity contribution in [2.75, 3.05) is 46.8 Å². The Hall–Kier alpha value is -2.32. The van der Waals surface area contributed by atoms with Crippen LogP contribution in [0.25, 0.3) is 0 Å². The second-order valence-electron chi connectivity index (χ2n) is 7.01. The lowest BCUT2D eigenvalue weighted by Gasteiger charge is -2.29. The van der Waals surface area contributed by atoms with Crippen molar-refractivity contribution in [3.63, 3.8) is 0 Å². The Kier molecular flexibility index (Phi) is 6.82. The van der Waals surface area contributed by atoms with Crippen molar-refractivity contribution in [1.82, 2.24) is 25.8 Å². The van der Waals surface area contributed by atoms with E-state index in [1.807, 2.05) is 6.92 Å². The minimum atomic E-state index is -0.420. The molecule has 9 heteroatoms. The third-order valence-corrected chi connectivity index (χ3v) is 4.87. The maximum absolute atomic E-state index is 12.6. The number of urea groups is 1. The predicted molar refractivity (Wildman–Crippen MR) is 98.7 cm³/mol. The van der Waals surface area contributed by atoms with Crippen LogP contribution in [0, 0.1) is 5.41 Å². The van der Waals surface area contributed by atoms with E-state index in [1.165, 1.54) is 4.90 Å². The number of nitrogens with one attached hydrogen (secondary N) is 3. The first-order valence-electron chi connectivity index (χ1n) is 9.22. The molecule has 3 N–H and O–H groups in total. The molecular formula is C17H30N6O3. The summed E-state index contributed by atoms with van der Waals surface area (Å²) in [5.41, 5.74) is -0.420. The first kappa shape index (κ1) is 20.0. The molecule has 2 fully saturated rings. The number of hydrogen-bond donors (Lipinski definition) is 3. The molecule has 1 aliphatic carbocycles. The van der Waals surface area contributed by atoms with Gasteiger partial charge in [0.2, 0.25) is 11.8 Å². The number of carbonyl (C=O) groups excluding carboxylic acids is 3. The third-order valence-electron chi connectivity index (χ3n) is 4.87. The van der Waals surface area contributed by atoms with E-state index in [-0.39, 0.29) is 30.9 Å². The maximum atomic E-state index is 12.6. The van der Waals surface area contributed by atoms with Gasteiger partial charge in [0.15, 0.2) is 5.96 Å². The highest BCUT2D eigenvalue weighted by Gasteiger charge is 2.42. The number of hydrogen-bond acceptors (Lipinski definition) is 4.